The second kappa shape index (κ2) is 6.36. The van der Waals surface area contributed by atoms with Crippen molar-refractivity contribution in [1.29, 1.82) is 0 Å². The molecule has 0 rings (SSSR count). The van der Waals surface area contributed by atoms with E-state index in [9.17, 15) is 8.42 Å². The topological polar surface area (TPSA) is 72.8 Å². The lowest BCUT2D eigenvalue weighted by Crippen LogP contribution is -2.08. The maximum atomic E-state index is 10.3. The second-order valence-corrected chi connectivity index (χ2v) is 3.57. The molecule has 0 fully saturated rings. The molecule has 0 atom stereocenters. The lowest BCUT2D eigenvalue weighted by atomic mass is 10.2. The van der Waals surface area contributed by atoms with Gasteiger partial charge in [-0.25, -0.2) is 9.44 Å². The summed E-state index contributed by atoms with van der Waals surface area (Å²) in [6.45, 7) is 2.11. The first-order valence-electron chi connectivity index (χ1n) is 3.85. The van der Waals surface area contributed by atoms with Gasteiger partial charge in [0.05, 0.1) is 6.61 Å². The summed E-state index contributed by atoms with van der Waals surface area (Å²) in [5, 5.41) is 7.78. The van der Waals surface area contributed by atoms with Crippen LogP contribution in [0.3, 0.4) is 0 Å². The van der Waals surface area contributed by atoms with Crippen LogP contribution >= 0.6 is 0 Å². The molecule has 0 saturated heterocycles. The lowest BCUT2D eigenvalue weighted by molar-refractivity contribution is -0.142. The molecule has 12 heavy (non-hydrogen) atoms. The van der Waals surface area contributed by atoms with Crippen LogP contribution in [-0.2, 0) is 18.9 Å². The van der Waals surface area contributed by atoms with Crippen molar-refractivity contribution in [3.05, 3.63) is 0 Å². The summed E-state index contributed by atoms with van der Waals surface area (Å²) in [7, 11) is -4.15. The van der Waals surface area contributed by atoms with Gasteiger partial charge in [-0.15, -0.1) is 0 Å². The highest BCUT2D eigenvalue weighted by molar-refractivity contribution is 7.81. The fraction of sp³-hybridized carbons (Fsp3) is 1.00. The molecule has 0 saturated carbocycles. The summed E-state index contributed by atoms with van der Waals surface area (Å²) >= 11 is 0. The Balaban J connectivity index is 3.32. The van der Waals surface area contributed by atoms with E-state index in [4.69, 9.17) is 5.26 Å². The molecule has 0 radical (unpaired) electrons. The molecule has 0 aliphatic heterocycles. The van der Waals surface area contributed by atoms with Crippen molar-refractivity contribution in [1.82, 2.24) is 0 Å². The van der Waals surface area contributed by atoms with E-state index in [0.29, 0.717) is 6.42 Å². The predicted molar refractivity (Wildman–Crippen MR) is 42.7 cm³/mol. The van der Waals surface area contributed by atoms with Gasteiger partial charge in [0.2, 0.25) is 0 Å². The minimum Gasteiger partial charge on any atom is -0.246 e. The fourth-order valence-corrected chi connectivity index (χ4v) is 1.08. The summed E-state index contributed by atoms with van der Waals surface area (Å²) in [4.78, 5) is 0. The van der Waals surface area contributed by atoms with Gasteiger partial charge in [-0.2, -0.15) is 8.42 Å². The molecule has 5 nitrogen and oxygen atoms in total. The Morgan fingerprint density at radius 1 is 1.25 bits per heavy atom. The largest absolute Gasteiger partial charge is 0.426 e. The number of rotatable bonds is 7. The summed E-state index contributed by atoms with van der Waals surface area (Å²) in [6, 6.07) is 0. The van der Waals surface area contributed by atoms with Crippen molar-refractivity contribution in [3.8, 4) is 0 Å². The third-order valence-corrected chi connectivity index (χ3v) is 1.95. The van der Waals surface area contributed by atoms with E-state index in [-0.39, 0.29) is 6.61 Å². The van der Waals surface area contributed by atoms with Crippen LogP contribution in [0.4, 0.5) is 0 Å². The van der Waals surface area contributed by atoms with Crippen LogP contribution in [0.1, 0.15) is 32.6 Å². The van der Waals surface area contributed by atoms with Gasteiger partial charge < -0.3 is 0 Å². The highest BCUT2D eigenvalue weighted by Gasteiger charge is 2.09. The van der Waals surface area contributed by atoms with Crippen LogP contribution in [0.15, 0.2) is 0 Å². The Kier molecular flexibility index (Phi) is 6.27. The van der Waals surface area contributed by atoms with Crippen molar-refractivity contribution in [2.24, 2.45) is 0 Å². The molecule has 1 N–H and O–H groups in total. The normalized spacial score (nSPS) is 11.8. The zero-order chi connectivity index (χ0) is 9.45. The van der Waals surface area contributed by atoms with Crippen LogP contribution in [0.2, 0.25) is 0 Å². The molecule has 0 aromatic rings. The zero-order valence-electron chi connectivity index (χ0n) is 7.02. The third-order valence-electron chi connectivity index (χ3n) is 1.32. The minimum absolute atomic E-state index is 0.0584. The standard InChI is InChI=1S/C6H14O5S/c1-2-3-4-5-6-10-12(8,9)11-7/h7H,2-6H2,1H3. The van der Waals surface area contributed by atoms with Crippen molar-refractivity contribution < 1.29 is 22.2 Å². The van der Waals surface area contributed by atoms with Crippen LogP contribution in [0.5, 0.6) is 0 Å². The first-order valence-corrected chi connectivity index (χ1v) is 5.18. The fourth-order valence-electron chi connectivity index (χ4n) is 0.711. The Morgan fingerprint density at radius 2 is 1.92 bits per heavy atom. The van der Waals surface area contributed by atoms with Crippen molar-refractivity contribution in [2.75, 3.05) is 6.61 Å². The minimum atomic E-state index is -4.15. The smallest absolute Gasteiger partial charge is 0.246 e. The van der Waals surface area contributed by atoms with E-state index in [0.717, 1.165) is 19.3 Å². The second-order valence-electron chi connectivity index (χ2n) is 2.37. The third kappa shape index (κ3) is 6.53. The SMILES string of the molecule is CCCCCCOS(=O)(=O)OO. The molecule has 0 aromatic carbocycles. The van der Waals surface area contributed by atoms with Crippen molar-refractivity contribution >= 4 is 10.4 Å². The predicted octanol–water partition coefficient (Wildman–Crippen LogP) is 1.32. The Bertz CT molecular complexity index is 186. The summed E-state index contributed by atoms with van der Waals surface area (Å²) < 4.78 is 28.0. The van der Waals surface area contributed by atoms with Crippen molar-refractivity contribution in [3.63, 3.8) is 0 Å². The zero-order valence-corrected chi connectivity index (χ0v) is 7.84. The first kappa shape index (κ1) is 11.8. The number of hydrogen-bond acceptors (Lipinski definition) is 5. The molecular weight excluding hydrogens is 184 g/mol. The van der Waals surface area contributed by atoms with Gasteiger partial charge in [-0.05, 0) is 6.42 Å². The lowest BCUT2D eigenvalue weighted by Gasteiger charge is -2.00. The van der Waals surface area contributed by atoms with Crippen LogP contribution in [0, 0.1) is 0 Å². The molecule has 0 aromatic heterocycles. The maximum absolute atomic E-state index is 10.3. The average Bonchev–Trinajstić information content (AvgIpc) is 2.04. The van der Waals surface area contributed by atoms with E-state index in [1.807, 2.05) is 0 Å². The summed E-state index contributed by atoms with van der Waals surface area (Å²) in [5.41, 5.74) is 0. The van der Waals surface area contributed by atoms with Crippen LogP contribution in [0.25, 0.3) is 0 Å². The molecule has 6 heteroatoms. The van der Waals surface area contributed by atoms with Crippen LogP contribution in [-0.4, -0.2) is 20.3 Å². The first-order chi connectivity index (χ1) is 5.62. The molecular formula is C6H14O5S. The summed E-state index contributed by atoms with van der Waals surface area (Å²) in [6.07, 6.45) is 3.68. The van der Waals surface area contributed by atoms with Gasteiger partial charge in [-0.1, -0.05) is 30.5 Å². The Hall–Kier alpha value is -0.170. The highest BCUT2D eigenvalue weighted by Crippen LogP contribution is 2.01. The maximum Gasteiger partial charge on any atom is 0.426 e. The molecule has 0 amide bonds. The Labute approximate surface area is 72.6 Å². The Morgan fingerprint density at radius 3 is 2.42 bits per heavy atom. The van der Waals surface area contributed by atoms with Gasteiger partial charge in [0.25, 0.3) is 0 Å². The van der Waals surface area contributed by atoms with E-state index < -0.39 is 10.4 Å². The molecule has 0 heterocycles. The van der Waals surface area contributed by atoms with Gasteiger partial charge >= 0.3 is 10.4 Å². The van der Waals surface area contributed by atoms with E-state index in [2.05, 4.69) is 15.4 Å². The van der Waals surface area contributed by atoms with Gasteiger partial charge in [-0.3, -0.25) is 0 Å². The van der Waals surface area contributed by atoms with E-state index >= 15 is 0 Å². The highest BCUT2D eigenvalue weighted by atomic mass is 32.3. The average molecular weight is 198 g/mol. The molecule has 0 spiro atoms. The monoisotopic (exact) mass is 198 g/mol. The van der Waals surface area contributed by atoms with Gasteiger partial charge in [0.1, 0.15) is 0 Å². The number of hydrogen-bond donors (Lipinski definition) is 1. The van der Waals surface area contributed by atoms with E-state index in [1.165, 1.54) is 0 Å². The molecule has 0 unspecified atom stereocenters. The van der Waals surface area contributed by atoms with E-state index in [1.54, 1.807) is 0 Å². The quantitative estimate of drug-likeness (QED) is 0.379. The van der Waals surface area contributed by atoms with Gasteiger partial charge in [0.15, 0.2) is 0 Å². The van der Waals surface area contributed by atoms with Gasteiger partial charge in [0, 0.05) is 0 Å². The molecule has 0 aliphatic carbocycles. The molecule has 0 bridgehead atoms. The number of unbranched alkanes of at least 4 members (excludes halogenated alkanes) is 3. The van der Waals surface area contributed by atoms with Crippen LogP contribution < -0.4 is 0 Å². The van der Waals surface area contributed by atoms with Crippen molar-refractivity contribution in [2.45, 2.75) is 32.6 Å². The molecule has 74 valence electrons. The summed E-state index contributed by atoms with van der Waals surface area (Å²) in [5.74, 6) is 0. The molecule has 0 aliphatic rings.